The molecule has 0 aromatic carbocycles. The minimum Gasteiger partial charge on any atom is -0.378 e. The lowest BCUT2D eigenvalue weighted by atomic mass is 10.2. The molecule has 7 nitrogen and oxygen atoms in total. The van der Waals surface area contributed by atoms with E-state index in [9.17, 15) is 4.79 Å². The zero-order valence-electron chi connectivity index (χ0n) is 12.0. The second-order valence-corrected chi connectivity index (χ2v) is 6.32. The van der Waals surface area contributed by atoms with Crippen LogP contribution in [0.25, 0.3) is 20.7 Å². The molecule has 0 saturated carbocycles. The Balaban J connectivity index is 1.81. The molecule has 0 bridgehead atoms. The maximum Gasteiger partial charge on any atom is 0.268 e. The van der Waals surface area contributed by atoms with E-state index < -0.39 is 0 Å². The Labute approximate surface area is 129 Å². The number of aromatic nitrogens is 4. The Bertz CT molecular complexity index is 875. The van der Waals surface area contributed by atoms with Crippen LogP contribution in [0.3, 0.4) is 0 Å². The second-order valence-electron chi connectivity index (χ2n) is 5.27. The molecule has 0 spiro atoms. The van der Waals surface area contributed by atoms with Crippen LogP contribution in [-0.4, -0.2) is 39.9 Å². The highest BCUT2D eigenvalue weighted by atomic mass is 32.1. The molecule has 0 radical (unpaired) electrons. The van der Waals surface area contributed by atoms with Gasteiger partial charge in [-0.25, -0.2) is 4.98 Å². The van der Waals surface area contributed by atoms with Crippen molar-refractivity contribution >= 4 is 21.6 Å². The van der Waals surface area contributed by atoms with E-state index in [1.807, 2.05) is 13.0 Å². The predicted molar refractivity (Wildman–Crippen MR) is 84.1 cm³/mol. The van der Waals surface area contributed by atoms with E-state index in [1.165, 1.54) is 11.3 Å². The molecule has 0 aliphatic carbocycles. The number of thiophene rings is 1. The summed E-state index contributed by atoms with van der Waals surface area (Å²) in [6.07, 6.45) is 1.77. The van der Waals surface area contributed by atoms with Crippen molar-refractivity contribution < 1.29 is 4.74 Å². The van der Waals surface area contributed by atoms with Crippen LogP contribution in [0.5, 0.6) is 0 Å². The minimum absolute atomic E-state index is 0.0649. The number of hydrogen-bond acceptors (Lipinski definition) is 6. The summed E-state index contributed by atoms with van der Waals surface area (Å²) in [5.41, 5.74) is 2.59. The Morgan fingerprint density at radius 2 is 2.36 bits per heavy atom. The van der Waals surface area contributed by atoms with Gasteiger partial charge in [-0.05, 0) is 13.0 Å². The lowest BCUT2D eigenvalue weighted by Gasteiger charge is -2.22. The number of H-pyrrole nitrogens is 2. The summed E-state index contributed by atoms with van der Waals surface area (Å²) in [4.78, 5) is 20.8. The molecule has 8 heteroatoms. The third-order valence-electron chi connectivity index (χ3n) is 3.75. The van der Waals surface area contributed by atoms with E-state index in [0.29, 0.717) is 29.3 Å². The molecule has 114 valence electrons. The lowest BCUT2D eigenvalue weighted by Crippen LogP contribution is -2.36. The molecule has 1 fully saturated rings. The number of hydrogen-bond donors (Lipinski definition) is 3. The van der Waals surface area contributed by atoms with Crippen molar-refractivity contribution in [3.05, 3.63) is 34.1 Å². The number of nitrogens with one attached hydrogen (secondary N) is 3. The SMILES string of the molecule is Cc1[nH]ncc1-c1cc2nc(C3COCCN3)[nH]c(=O)c2s1. The van der Waals surface area contributed by atoms with Gasteiger partial charge in [0.2, 0.25) is 0 Å². The molecule has 22 heavy (non-hydrogen) atoms. The number of aromatic amines is 2. The van der Waals surface area contributed by atoms with Gasteiger partial charge in [0.05, 0.1) is 31.0 Å². The van der Waals surface area contributed by atoms with E-state index >= 15 is 0 Å². The molecule has 1 aliphatic rings. The van der Waals surface area contributed by atoms with Crippen LogP contribution in [-0.2, 0) is 4.74 Å². The average molecular weight is 317 g/mol. The van der Waals surface area contributed by atoms with Gasteiger partial charge in [0.1, 0.15) is 10.5 Å². The minimum atomic E-state index is -0.107. The number of morpholine rings is 1. The van der Waals surface area contributed by atoms with Crippen LogP contribution in [0.2, 0.25) is 0 Å². The molecule has 1 unspecified atom stereocenters. The predicted octanol–water partition coefficient (Wildman–Crippen LogP) is 1.34. The molecule has 1 aliphatic heterocycles. The van der Waals surface area contributed by atoms with E-state index in [-0.39, 0.29) is 11.6 Å². The van der Waals surface area contributed by atoms with Crippen LogP contribution in [0.1, 0.15) is 17.6 Å². The maximum atomic E-state index is 12.3. The molecular weight excluding hydrogens is 302 g/mol. The van der Waals surface area contributed by atoms with Crippen molar-refractivity contribution in [1.29, 1.82) is 0 Å². The molecule has 0 amide bonds. The van der Waals surface area contributed by atoms with Gasteiger partial charge in [0, 0.05) is 22.7 Å². The first-order valence-electron chi connectivity index (χ1n) is 7.07. The van der Waals surface area contributed by atoms with Gasteiger partial charge in [-0.15, -0.1) is 11.3 Å². The number of nitrogens with zero attached hydrogens (tertiary/aromatic N) is 2. The quantitative estimate of drug-likeness (QED) is 0.663. The average Bonchev–Trinajstić information content (AvgIpc) is 3.14. The van der Waals surface area contributed by atoms with Crippen molar-refractivity contribution in [2.75, 3.05) is 19.8 Å². The van der Waals surface area contributed by atoms with Gasteiger partial charge >= 0.3 is 0 Å². The highest BCUT2D eigenvalue weighted by Crippen LogP contribution is 2.32. The van der Waals surface area contributed by atoms with Crippen LogP contribution in [0, 0.1) is 6.92 Å². The normalized spacial score (nSPS) is 18.9. The van der Waals surface area contributed by atoms with Gasteiger partial charge in [-0.1, -0.05) is 0 Å². The Kier molecular flexibility index (Phi) is 3.29. The van der Waals surface area contributed by atoms with Gasteiger partial charge in [-0.3, -0.25) is 9.89 Å². The van der Waals surface area contributed by atoms with Crippen molar-refractivity contribution in [1.82, 2.24) is 25.5 Å². The topological polar surface area (TPSA) is 95.7 Å². The Hall–Kier alpha value is -2.03. The zero-order chi connectivity index (χ0) is 15.1. The largest absolute Gasteiger partial charge is 0.378 e. The van der Waals surface area contributed by atoms with Gasteiger partial charge in [-0.2, -0.15) is 5.10 Å². The summed E-state index contributed by atoms with van der Waals surface area (Å²) in [6.45, 7) is 3.92. The lowest BCUT2D eigenvalue weighted by molar-refractivity contribution is 0.0742. The standard InChI is InChI=1S/C14H15N5O2S/c1-7-8(5-16-19-7)11-4-9-12(22-11)14(20)18-13(17-9)10-6-21-3-2-15-10/h4-5,10,15H,2-3,6H2,1H3,(H,16,19)(H,17,18,20). The number of rotatable bonds is 2. The first-order chi connectivity index (χ1) is 10.7. The Morgan fingerprint density at radius 3 is 3.09 bits per heavy atom. The molecular formula is C14H15N5O2S. The fraction of sp³-hybridized carbons (Fsp3) is 0.357. The van der Waals surface area contributed by atoms with E-state index in [1.54, 1.807) is 6.20 Å². The van der Waals surface area contributed by atoms with Gasteiger partial charge < -0.3 is 15.0 Å². The summed E-state index contributed by atoms with van der Waals surface area (Å²) < 4.78 is 6.07. The summed E-state index contributed by atoms with van der Waals surface area (Å²) in [7, 11) is 0. The first-order valence-corrected chi connectivity index (χ1v) is 7.89. The third kappa shape index (κ3) is 2.25. The number of aryl methyl sites for hydroxylation is 1. The van der Waals surface area contributed by atoms with Crippen molar-refractivity contribution in [3.8, 4) is 10.4 Å². The molecule has 3 N–H and O–H groups in total. The monoisotopic (exact) mass is 317 g/mol. The van der Waals surface area contributed by atoms with Crippen LogP contribution in [0.15, 0.2) is 17.1 Å². The molecule has 3 aromatic rings. The zero-order valence-corrected chi connectivity index (χ0v) is 12.8. The summed E-state index contributed by atoms with van der Waals surface area (Å²) >= 11 is 1.43. The van der Waals surface area contributed by atoms with Crippen LogP contribution >= 0.6 is 11.3 Å². The number of ether oxygens (including phenoxy) is 1. The van der Waals surface area contributed by atoms with E-state index in [2.05, 4.69) is 25.5 Å². The smallest absolute Gasteiger partial charge is 0.268 e. The molecule has 4 rings (SSSR count). The fourth-order valence-electron chi connectivity index (χ4n) is 2.60. The Morgan fingerprint density at radius 1 is 1.45 bits per heavy atom. The third-order valence-corrected chi connectivity index (χ3v) is 4.90. The second kappa shape index (κ2) is 5.31. The van der Waals surface area contributed by atoms with Crippen molar-refractivity contribution in [2.24, 2.45) is 0 Å². The van der Waals surface area contributed by atoms with Gasteiger partial charge in [0.25, 0.3) is 5.56 Å². The first kappa shape index (κ1) is 13.6. The van der Waals surface area contributed by atoms with Crippen molar-refractivity contribution in [3.63, 3.8) is 0 Å². The van der Waals surface area contributed by atoms with Crippen LogP contribution < -0.4 is 10.9 Å². The summed E-state index contributed by atoms with van der Waals surface area (Å²) in [6, 6.07) is 1.88. The molecule has 1 atom stereocenters. The van der Waals surface area contributed by atoms with E-state index in [0.717, 1.165) is 22.7 Å². The maximum absolute atomic E-state index is 12.3. The molecule has 3 aromatic heterocycles. The molecule has 1 saturated heterocycles. The van der Waals surface area contributed by atoms with E-state index in [4.69, 9.17) is 4.74 Å². The highest BCUT2D eigenvalue weighted by Gasteiger charge is 2.20. The highest BCUT2D eigenvalue weighted by molar-refractivity contribution is 7.22. The summed E-state index contributed by atoms with van der Waals surface area (Å²) in [5, 5.41) is 10.2. The fourth-order valence-corrected chi connectivity index (χ4v) is 3.65. The van der Waals surface area contributed by atoms with Crippen molar-refractivity contribution in [2.45, 2.75) is 13.0 Å². The van der Waals surface area contributed by atoms with Gasteiger partial charge in [0.15, 0.2) is 0 Å². The van der Waals surface area contributed by atoms with Crippen LogP contribution in [0.4, 0.5) is 0 Å². The molecule has 4 heterocycles. The number of fused-ring (bicyclic) bond motifs is 1. The summed E-state index contributed by atoms with van der Waals surface area (Å²) in [5.74, 6) is 0.630.